The lowest BCUT2D eigenvalue weighted by Gasteiger charge is -2.34. The van der Waals surface area contributed by atoms with E-state index in [0.29, 0.717) is 18.0 Å². The minimum Gasteiger partial charge on any atom is -0.341 e. The van der Waals surface area contributed by atoms with Gasteiger partial charge in [-0.3, -0.25) is 0 Å². The minimum absolute atomic E-state index is 0.491. The van der Waals surface area contributed by atoms with Crippen LogP contribution in [0.5, 0.6) is 0 Å². The molecule has 19 heavy (non-hydrogen) atoms. The second kappa shape index (κ2) is 6.33. The van der Waals surface area contributed by atoms with E-state index in [9.17, 15) is 0 Å². The summed E-state index contributed by atoms with van der Waals surface area (Å²) in [6.45, 7) is 4.34. The van der Waals surface area contributed by atoms with E-state index in [1.807, 2.05) is 12.4 Å². The van der Waals surface area contributed by atoms with E-state index >= 15 is 0 Å². The number of nitrogens with zero attached hydrogens (tertiary/aromatic N) is 3. The fourth-order valence-electron chi connectivity index (χ4n) is 2.73. The van der Waals surface area contributed by atoms with Crippen molar-refractivity contribution < 1.29 is 0 Å². The first-order valence-corrected chi connectivity index (χ1v) is 7.34. The first-order chi connectivity index (χ1) is 9.11. The van der Waals surface area contributed by atoms with Gasteiger partial charge in [-0.2, -0.15) is 0 Å². The summed E-state index contributed by atoms with van der Waals surface area (Å²) in [5, 5.41) is 3.37. The van der Waals surface area contributed by atoms with Gasteiger partial charge in [0, 0.05) is 31.5 Å². The Labute approximate surface area is 116 Å². The van der Waals surface area contributed by atoms with Crippen LogP contribution >= 0.6 is 0 Å². The van der Waals surface area contributed by atoms with E-state index in [1.165, 1.54) is 31.2 Å². The molecule has 1 N–H and O–H groups in total. The van der Waals surface area contributed by atoms with Crippen LogP contribution in [0, 0.1) is 0 Å². The molecule has 1 aliphatic rings. The Hall–Kier alpha value is -1.16. The van der Waals surface area contributed by atoms with Crippen molar-refractivity contribution in [3.05, 3.63) is 18.0 Å². The quantitative estimate of drug-likeness (QED) is 0.905. The maximum Gasteiger partial charge on any atom is 0.225 e. The molecule has 1 fully saturated rings. The molecule has 4 nitrogen and oxygen atoms in total. The average Bonchev–Trinajstić information content (AvgIpc) is 2.46. The van der Waals surface area contributed by atoms with E-state index in [1.54, 1.807) is 0 Å². The number of rotatable bonds is 4. The Balaban J connectivity index is 1.97. The zero-order valence-electron chi connectivity index (χ0n) is 12.6. The van der Waals surface area contributed by atoms with Gasteiger partial charge in [0.05, 0.1) is 0 Å². The molecule has 0 atom stereocenters. The topological polar surface area (TPSA) is 41.0 Å². The molecule has 1 saturated carbocycles. The van der Waals surface area contributed by atoms with Crippen LogP contribution in [0.4, 0.5) is 5.95 Å². The van der Waals surface area contributed by atoms with Crippen molar-refractivity contribution in [3.63, 3.8) is 0 Å². The van der Waals surface area contributed by atoms with E-state index in [0.717, 1.165) is 5.95 Å². The van der Waals surface area contributed by atoms with Gasteiger partial charge in [0.2, 0.25) is 5.95 Å². The molecule has 0 spiro atoms. The Morgan fingerprint density at radius 3 is 2.21 bits per heavy atom. The zero-order valence-corrected chi connectivity index (χ0v) is 12.6. The number of hydrogen-bond acceptors (Lipinski definition) is 4. The largest absolute Gasteiger partial charge is 0.341 e. The standard InChI is InChI=1S/C15H26N4/c1-11(2)12-9-17-15(18-10-12)19(4)14-7-5-13(16-3)6-8-14/h9-11,13-14,16H,5-8H2,1-4H3. The molecule has 1 aromatic rings. The van der Waals surface area contributed by atoms with E-state index in [-0.39, 0.29) is 0 Å². The summed E-state index contributed by atoms with van der Waals surface area (Å²) < 4.78 is 0. The number of anilines is 1. The summed E-state index contributed by atoms with van der Waals surface area (Å²) in [4.78, 5) is 11.3. The van der Waals surface area contributed by atoms with Gasteiger partial charge in [-0.1, -0.05) is 13.8 Å². The summed E-state index contributed by atoms with van der Waals surface area (Å²) in [7, 11) is 4.18. The van der Waals surface area contributed by atoms with Crippen LogP contribution in [0.25, 0.3) is 0 Å². The molecule has 0 aliphatic heterocycles. The summed E-state index contributed by atoms with van der Waals surface area (Å²) in [6, 6.07) is 1.27. The summed E-state index contributed by atoms with van der Waals surface area (Å²) in [6.07, 6.45) is 8.85. The molecule has 0 amide bonds. The van der Waals surface area contributed by atoms with Crippen LogP contribution in [0.3, 0.4) is 0 Å². The molecule has 0 aromatic carbocycles. The molecule has 0 saturated heterocycles. The predicted octanol–water partition coefficient (Wildman–Crippen LogP) is 2.57. The monoisotopic (exact) mass is 262 g/mol. The van der Waals surface area contributed by atoms with Crippen molar-refractivity contribution in [1.29, 1.82) is 0 Å². The van der Waals surface area contributed by atoms with Gasteiger partial charge < -0.3 is 10.2 Å². The highest BCUT2D eigenvalue weighted by Crippen LogP contribution is 2.24. The summed E-state index contributed by atoms with van der Waals surface area (Å²) >= 11 is 0. The Morgan fingerprint density at radius 2 is 1.74 bits per heavy atom. The lowest BCUT2D eigenvalue weighted by Crippen LogP contribution is -2.40. The third-order valence-electron chi connectivity index (χ3n) is 4.29. The van der Waals surface area contributed by atoms with Gasteiger partial charge in [-0.15, -0.1) is 0 Å². The van der Waals surface area contributed by atoms with Crippen molar-refractivity contribution in [2.24, 2.45) is 0 Å². The number of hydrogen-bond donors (Lipinski definition) is 1. The van der Waals surface area contributed by atoms with Crippen molar-refractivity contribution in [1.82, 2.24) is 15.3 Å². The Bertz CT molecular complexity index is 380. The van der Waals surface area contributed by atoms with Crippen LogP contribution < -0.4 is 10.2 Å². The molecule has 4 heteroatoms. The van der Waals surface area contributed by atoms with Gasteiger partial charge in [0.15, 0.2) is 0 Å². The highest BCUT2D eigenvalue weighted by molar-refractivity contribution is 5.31. The van der Waals surface area contributed by atoms with Crippen molar-refractivity contribution in [2.75, 3.05) is 19.0 Å². The van der Waals surface area contributed by atoms with Gasteiger partial charge in [0.25, 0.3) is 0 Å². The van der Waals surface area contributed by atoms with E-state index < -0.39 is 0 Å². The molecule has 2 rings (SSSR count). The van der Waals surface area contributed by atoms with Gasteiger partial charge >= 0.3 is 0 Å². The zero-order chi connectivity index (χ0) is 13.8. The van der Waals surface area contributed by atoms with Gasteiger partial charge in [-0.25, -0.2) is 9.97 Å². The highest BCUT2D eigenvalue weighted by Gasteiger charge is 2.24. The first kappa shape index (κ1) is 14.3. The normalized spacial score (nSPS) is 23.6. The lowest BCUT2D eigenvalue weighted by molar-refractivity contribution is 0.349. The Morgan fingerprint density at radius 1 is 1.16 bits per heavy atom. The molecule has 1 heterocycles. The minimum atomic E-state index is 0.491. The molecular weight excluding hydrogens is 236 g/mol. The third kappa shape index (κ3) is 3.44. The van der Waals surface area contributed by atoms with Crippen molar-refractivity contribution in [2.45, 2.75) is 57.5 Å². The third-order valence-corrected chi connectivity index (χ3v) is 4.29. The molecular formula is C15H26N4. The van der Waals surface area contributed by atoms with Crippen LogP contribution in [-0.4, -0.2) is 36.1 Å². The highest BCUT2D eigenvalue weighted by atomic mass is 15.2. The SMILES string of the molecule is CNC1CCC(N(C)c2ncc(C(C)C)cn2)CC1. The van der Waals surface area contributed by atoms with Gasteiger partial charge in [0.1, 0.15) is 0 Å². The molecule has 106 valence electrons. The Kier molecular flexibility index (Phi) is 4.75. The van der Waals surface area contributed by atoms with Crippen LogP contribution in [0.2, 0.25) is 0 Å². The predicted molar refractivity (Wildman–Crippen MR) is 79.6 cm³/mol. The van der Waals surface area contributed by atoms with Gasteiger partial charge in [-0.05, 0) is 44.2 Å². The van der Waals surface area contributed by atoms with E-state index in [4.69, 9.17) is 0 Å². The maximum absolute atomic E-state index is 4.51. The summed E-state index contributed by atoms with van der Waals surface area (Å²) in [5.74, 6) is 1.35. The number of nitrogens with one attached hydrogen (secondary N) is 1. The lowest BCUT2D eigenvalue weighted by atomic mass is 9.90. The average molecular weight is 262 g/mol. The van der Waals surface area contributed by atoms with Crippen LogP contribution in [0.1, 0.15) is 51.0 Å². The smallest absolute Gasteiger partial charge is 0.225 e. The van der Waals surface area contributed by atoms with E-state index in [2.05, 4.69) is 48.1 Å². The summed E-state index contributed by atoms with van der Waals surface area (Å²) in [5.41, 5.74) is 1.20. The molecule has 1 aliphatic carbocycles. The van der Waals surface area contributed by atoms with Crippen molar-refractivity contribution >= 4 is 5.95 Å². The molecule has 0 unspecified atom stereocenters. The fraction of sp³-hybridized carbons (Fsp3) is 0.733. The second-order valence-electron chi connectivity index (χ2n) is 5.88. The maximum atomic E-state index is 4.51. The molecule has 0 bridgehead atoms. The second-order valence-corrected chi connectivity index (χ2v) is 5.88. The first-order valence-electron chi connectivity index (χ1n) is 7.34. The van der Waals surface area contributed by atoms with Crippen molar-refractivity contribution in [3.8, 4) is 0 Å². The van der Waals surface area contributed by atoms with Crippen LogP contribution in [0.15, 0.2) is 12.4 Å². The number of aromatic nitrogens is 2. The van der Waals surface area contributed by atoms with Crippen LogP contribution in [-0.2, 0) is 0 Å². The molecule has 0 radical (unpaired) electrons. The fourth-order valence-corrected chi connectivity index (χ4v) is 2.73. The molecule has 1 aromatic heterocycles.